The summed E-state index contributed by atoms with van der Waals surface area (Å²) >= 11 is 4.34. The Kier molecular flexibility index (Phi) is 3.05. The zero-order valence-corrected chi connectivity index (χ0v) is 7.45. The number of nitrogens with one attached hydrogen (secondary N) is 1. The van der Waals surface area contributed by atoms with Crippen molar-refractivity contribution >= 4 is 28.1 Å². The summed E-state index contributed by atoms with van der Waals surface area (Å²) in [6.07, 6.45) is 0. The fourth-order valence-corrected chi connectivity index (χ4v) is 1.51. The first-order valence-electron chi connectivity index (χ1n) is 2.65. The summed E-state index contributed by atoms with van der Waals surface area (Å²) in [5, 5.41) is 9.16. The second-order valence-electron chi connectivity index (χ2n) is 1.65. The average Bonchev–Trinajstić information content (AvgIpc) is 1.94. The Labute approximate surface area is 72.1 Å². The smallest absolute Gasteiger partial charge is 0.130 e. The summed E-state index contributed by atoms with van der Waals surface area (Å²) in [7, 11) is 0. The van der Waals surface area contributed by atoms with E-state index in [-0.39, 0.29) is 0 Å². The highest BCUT2D eigenvalue weighted by atomic mass is 79.9. The van der Waals surface area contributed by atoms with Gasteiger partial charge in [0.05, 0.1) is 4.90 Å². The fraction of sp³-hybridized carbons (Fsp3) is 0. The van der Waals surface area contributed by atoms with Crippen molar-refractivity contribution in [2.45, 2.75) is 4.90 Å². The van der Waals surface area contributed by atoms with Crippen LogP contribution < -0.4 is 3.75 Å². The number of aromatic hydroxyl groups is 1. The Bertz CT molecular complexity index is 219. The molecule has 0 saturated heterocycles. The topological polar surface area (TPSA) is 32.3 Å². The van der Waals surface area contributed by atoms with E-state index in [0.29, 0.717) is 5.75 Å². The second kappa shape index (κ2) is 3.85. The highest BCUT2D eigenvalue weighted by Crippen LogP contribution is 2.25. The molecule has 2 N–H and O–H groups in total. The van der Waals surface area contributed by atoms with Gasteiger partial charge in [-0.25, -0.2) is 0 Å². The molecular weight excluding hydrogens is 214 g/mol. The van der Waals surface area contributed by atoms with Crippen molar-refractivity contribution in [1.82, 2.24) is 3.75 Å². The molecule has 4 heteroatoms. The molecule has 10 heavy (non-hydrogen) atoms. The van der Waals surface area contributed by atoms with Gasteiger partial charge in [-0.1, -0.05) is 12.1 Å². The van der Waals surface area contributed by atoms with Gasteiger partial charge in [0.15, 0.2) is 0 Å². The van der Waals surface area contributed by atoms with Crippen LogP contribution >= 0.6 is 28.1 Å². The number of phenolic OH excluding ortho intramolecular Hbond substituents is 1. The van der Waals surface area contributed by atoms with Crippen molar-refractivity contribution in [3.05, 3.63) is 24.3 Å². The summed E-state index contributed by atoms with van der Waals surface area (Å²) in [5.74, 6) is 0.291. The molecule has 0 atom stereocenters. The average molecular weight is 220 g/mol. The maximum absolute atomic E-state index is 9.16. The minimum atomic E-state index is 0.291. The van der Waals surface area contributed by atoms with Gasteiger partial charge in [-0.15, -0.1) is 0 Å². The third kappa shape index (κ3) is 1.90. The minimum Gasteiger partial charge on any atom is -0.507 e. The fourth-order valence-electron chi connectivity index (χ4n) is 0.585. The third-order valence-electron chi connectivity index (χ3n) is 1.01. The molecule has 0 heterocycles. The van der Waals surface area contributed by atoms with Crippen LogP contribution in [-0.4, -0.2) is 5.11 Å². The van der Waals surface area contributed by atoms with Gasteiger partial charge in [-0.05, 0) is 24.1 Å². The summed E-state index contributed by atoms with van der Waals surface area (Å²) in [6, 6.07) is 7.13. The highest BCUT2D eigenvalue weighted by Gasteiger charge is 1.96. The van der Waals surface area contributed by atoms with Gasteiger partial charge < -0.3 is 5.11 Å². The molecule has 1 aromatic carbocycles. The molecule has 54 valence electrons. The van der Waals surface area contributed by atoms with Crippen LogP contribution in [0.1, 0.15) is 0 Å². The standard InChI is InChI=1S/C6H6BrNOS/c7-8-10-6-4-2-1-3-5(6)9/h1-4,8-9H. The number of halogens is 1. The Morgan fingerprint density at radius 3 is 2.70 bits per heavy atom. The number of phenols is 1. The Balaban J connectivity index is 2.81. The van der Waals surface area contributed by atoms with E-state index in [1.54, 1.807) is 12.1 Å². The van der Waals surface area contributed by atoms with Gasteiger partial charge in [0.1, 0.15) is 5.75 Å². The van der Waals surface area contributed by atoms with Gasteiger partial charge in [0.2, 0.25) is 0 Å². The Morgan fingerprint density at radius 1 is 1.40 bits per heavy atom. The Hall–Kier alpha value is -0.190. The molecule has 2 nitrogen and oxygen atoms in total. The van der Waals surface area contributed by atoms with E-state index in [2.05, 4.69) is 19.9 Å². The first-order valence-corrected chi connectivity index (χ1v) is 4.26. The molecule has 0 bridgehead atoms. The minimum absolute atomic E-state index is 0.291. The summed E-state index contributed by atoms with van der Waals surface area (Å²) in [6.45, 7) is 0. The molecule has 1 rings (SSSR count). The molecule has 0 spiro atoms. The van der Waals surface area contributed by atoms with Crippen LogP contribution in [0, 0.1) is 0 Å². The normalized spacial score (nSPS) is 9.70. The van der Waals surface area contributed by atoms with Gasteiger partial charge in [0, 0.05) is 16.1 Å². The largest absolute Gasteiger partial charge is 0.507 e. The molecule has 0 aliphatic carbocycles. The quantitative estimate of drug-likeness (QED) is 0.592. The maximum Gasteiger partial charge on any atom is 0.130 e. The van der Waals surface area contributed by atoms with Crippen molar-refractivity contribution in [1.29, 1.82) is 0 Å². The zero-order chi connectivity index (χ0) is 7.40. The molecule has 1 aromatic rings. The number of hydrogen-bond acceptors (Lipinski definition) is 3. The molecule has 0 aliphatic rings. The van der Waals surface area contributed by atoms with E-state index in [0.717, 1.165) is 4.90 Å². The predicted molar refractivity (Wildman–Crippen MR) is 46.0 cm³/mol. The first kappa shape index (κ1) is 7.91. The van der Waals surface area contributed by atoms with Crippen LogP contribution in [0.3, 0.4) is 0 Å². The van der Waals surface area contributed by atoms with E-state index in [4.69, 9.17) is 5.11 Å². The van der Waals surface area contributed by atoms with Gasteiger partial charge in [-0.3, -0.25) is 0 Å². The lowest BCUT2D eigenvalue weighted by molar-refractivity contribution is 0.462. The molecule has 0 saturated carbocycles. The molecule has 0 unspecified atom stereocenters. The van der Waals surface area contributed by atoms with E-state index in [9.17, 15) is 0 Å². The highest BCUT2D eigenvalue weighted by molar-refractivity contribution is 9.09. The van der Waals surface area contributed by atoms with Crippen LogP contribution in [0.5, 0.6) is 5.75 Å². The lowest BCUT2D eigenvalue weighted by Gasteiger charge is -1.98. The monoisotopic (exact) mass is 219 g/mol. The Morgan fingerprint density at radius 2 is 2.10 bits per heavy atom. The number of para-hydroxylation sites is 1. The number of rotatable bonds is 2. The van der Waals surface area contributed by atoms with Crippen LogP contribution in [0.25, 0.3) is 0 Å². The first-order chi connectivity index (χ1) is 4.84. The lowest BCUT2D eigenvalue weighted by atomic mass is 10.3. The van der Waals surface area contributed by atoms with Crippen molar-refractivity contribution in [3.8, 4) is 5.75 Å². The molecular formula is C6H6BrNOS. The van der Waals surface area contributed by atoms with Gasteiger partial charge >= 0.3 is 0 Å². The third-order valence-corrected chi connectivity index (χ3v) is 2.14. The number of hydrogen-bond donors (Lipinski definition) is 2. The van der Waals surface area contributed by atoms with Crippen molar-refractivity contribution in [2.75, 3.05) is 0 Å². The van der Waals surface area contributed by atoms with E-state index in [1.165, 1.54) is 11.9 Å². The van der Waals surface area contributed by atoms with Crippen molar-refractivity contribution < 1.29 is 5.11 Å². The molecule has 0 aliphatic heterocycles. The zero-order valence-electron chi connectivity index (χ0n) is 5.04. The van der Waals surface area contributed by atoms with E-state index < -0.39 is 0 Å². The summed E-state index contributed by atoms with van der Waals surface area (Å²) in [4.78, 5) is 0.805. The maximum atomic E-state index is 9.16. The van der Waals surface area contributed by atoms with E-state index in [1.807, 2.05) is 12.1 Å². The van der Waals surface area contributed by atoms with Crippen LogP contribution in [0.2, 0.25) is 0 Å². The van der Waals surface area contributed by atoms with Crippen LogP contribution in [-0.2, 0) is 0 Å². The molecule has 0 radical (unpaired) electrons. The van der Waals surface area contributed by atoms with Crippen molar-refractivity contribution in [3.63, 3.8) is 0 Å². The molecule has 0 aromatic heterocycles. The summed E-state index contributed by atoms with van der Waals surface area (Å²) in [5.41, 5.74) is 0. The number of benzene rings is 1. The van der Waals surface area contributed by atoms with E-state index >= 15 is 0 Å². The molecule has 0 amide bonds. The second-order valence-corrected chi connectivity index (χ2v) is 3.42. The molecule has 0 fully saturated rings. The summed E-state index contributed by atoms with van der Waals surface area (Å²) < 4.78 is 2.69. The van der Waals surface area contributed by atoms with Crippen molar-refractivity contribution in [2.24, 2.45) is 0 Å². The van der Waals surface area contributed by atoms with Crippen LogP contribution in [0.15, 0.2) is 29.2 Å². The SMILES string of the molecule is Oc1ccccc1SNBr. The lowest BCUT2D eigenvalue weighted by Crippen LogP contribution is -1.80. The van der Waals surface area contributed by atoms with Crippen LogP contribution in [0.4, 0.5) is 0 Å². The predicted octanol–water partition coefficient (Wildman–Crippen LogP) is 2.30. The van der Waals surface area contributed by atoms with Gasteiger partial charge in [0.25, 0.3) is 0 Å². The van der Waals surface area contributed by atoms with Gasteiger partial charge in [-0.2, -0.15) is 3.75 Å².